The molecule has 5 heteroatoms. The van der Waals surface area contributed by atoms with Gasteiger partial charge in [-0.2, -0.15) is 13.2 Å². The van der Waals surface area contributed by atoms with Gasteiger partial charge in [0.05, 0.1) is 5.56 Å². The Morgan fingerprint density at radius 2 is 1.79 bits per heavy atom. The minimum absolute atomic E-state index is 0.170. The van der Waals surface area contributed by atoms with E-state index in [4.69, 9.17) is 5.73 Å². The van der Waals surface area contributed by atoms with E-state index in [0.717, 1.165) is 28.1 Å². The van der Waals surface area contributed by atoms with E-state index in [9.17, 15) is 13.2 Å². The summed E-state index contributed by atoms with van der Waals surface area (Å²) in [5.41, 5.74) is 7.40. The monoisotopic (exact) mass is 285 g/mol. The zero-order chi connectivity index (χ0) is 14.0. The average Bonchev–Trinajstić information content (AvgIpc) is 2.75. The molecule has 1 unspecified atom stereocenters. The molecule has 19 heavy (non-hydrogen) atoms. The van der Waals surface area contributed by atoms with Gasteiger partial charge in [0.1, 0.15) is 0 Å². The van der Waals surface area contributed by atoms with E-state index < -0.39 is 11.7 Å². The predicted molar refractivity (Wildman–Crippen MR) is 71.1 cm³/mol. The molecule has 0 amide bonds. The molecule has 0 saturated heterocycles. The summed E-state index contributed by atoms with van der Waals surface area (Å²) in [6, 6.07) is 7.01. The molecule has 1 aromatic heterocycles. The molecule has 0 aliphatic rings. The lowest BCUT2D eigenvalue weighted by Crippen LogP contribution is -2.13. The van der Waals surface area contributed by atoms with Crippen LogP contribution in [0.2, 0.25) is 0 Å². The maximum atomic E-state index is 12.4. The zero-order valence-electron chi connectivity index (χ0n) is 10.4. The third-order valence-corrected chi connectivity index (χ3v) is 4.13. The Morgan fingerprint density at radius 1 is 1.16 bits per heavy atom. The molecule has 0 radical (unpaired) electrons. The fourth-order valence-corrected chi connectivity index (χ4v) is 2.87. The number of hydrogen-bond acceptors (Lipinski definition) is 2. The van der Waals surface area contributed by atoms with Crippen LogP contribution in [-0.2, 0) is 12.6 Å². The Hall–Kier alpha value is -1.33. The molecular formula is C14H14F3NS. The van der Waals surface area contributed by atoms with Gasteiger partial charge < -0.3 is 5.73 Å². The van der Waals surface area contributed by atoms with Gasteiger partial charge in [-0.3, -0.25) is 0 Å². The maximum absolute atomic E-state index is 12.4. The number of aryl methyl sites for hydroxylation is 1. The number of nitrogens with two attached hydrogens (primary N) is 1. The molecule has 0 fully saturated rings. The van der Waals surface area contributed by atoms with E-state index in [1.807, 2.05) is 18.4 Å². The van der Waals surface area contributed by atoms with Crippen molar-refractivity contribution in [3.63, 3.8) is 0 Å². The number of alkyl halides is 3. The van der Waals surface area contributed by atoms with Gasteiger partial charge in [-0.1, -0.05) is 12.1 Å². The highest BCUT2D eigenvalue weighted by Gasteiger charge is 2.29. The van der Waals surface area contributed by atoms with Crippen LogP contribution in [0.1, 0.15) is 27.6 Å². The molecule has 0 aliphatic carbocycles. The van der Waals surface area contributed by atoms with Crippen molar-refractivity contribution in [3.8, 4) is 0 Å². The van der Waals surface area contributed by atoms with Crippen molar-refractivity contribution >= 4 is 11.3 Å². The van der Waals surface area contributed by atoms with E-state index in [1.54, 1.807) is 11.3 Å². The van der Waals surface area contributed by atoms with E-state index >= 15 is 0 Å². The van der Waals surface area contributed by atoms with Crippen molar-refractivity contribution in [1.82, 2.24) is 0 Å². The highest BCUT2D eigenvalue weighted by molar-refractivity contribution is 7.10. The molecule has 1 nitrogen and oxygen atoms in total. The van der Waals surface area contributed by atoms with E-state index in [0.29, 0.717) is 6.42 Å². The molecule has 0 saturated carbocycles. The summed E-state index contributed by atoms with van der Waals surface area (Å²) in [6.45, 7) is 1.98. The Balaban J connectivity index is 2.10. The smallest absolute Gasteiger partial charge is 0.323 e. The summed E-state index contributed by atoms with van der Waals surface area (Å²) in [7, 11) is 0. The fraction of sp³-hybridized carbons (Fsp3) is 0.286. The second-order valence-electron chi connectivity index (χ2n) is 4.47. The summed E-state index contributed by atoms with van der Waals surface area (Å²) in [5, 5.41) is 1.97. The van der Waals surface area contributed by atoms with Crippen LogP contribution in [0.4, 0.5) is 13.2 Å². The average molecular weight is 285 g/mol. The molecule has 1 atom stereocenters. The van der Waals surface area contributed by atoms with Crippen LogP contribution in [-0.4, -0.2) is 0 Å². The van der Waals surface area contributed by atoms with Crippen LogP contribution < -0.4 is 5.73 Å². The number of rotatable bonds is 3. The van der Waals surface area contributed by atoms with Gasteiger partial charge in [-0.05, 0) is 48.1 Å². The molecule has 102 valence electrons. The fourth-order valence-electron chi connectivity index (χ4n) is 1.94. The third kappa shape index (κ3) is 3.36. The first-order valence-corrected chi connectivity index (χ1v) is 6.71. The van der Waals surface area contributed by atoms with Crippen LogP contribution in [0.15, 0.2) is 35.7 Å². The zero-order valence-corrected chi connectivity index (χ0v) is 11.2. The van der Waals surface area contributed by atoms with Gasteiger partial charge in [0.25, 0.3) is 0 Å². The summed E-state index contributed by atoms with van der Waals surface area (Å²) >= 11 is 1.58. The lowest BCUT2D eigenvalue weighted by molar-refractivity contribution is -0.137. The predicted octanol–water partition coefficient (Wildman–Crippen LogP) is 4.32. The van der Waals surface area contributed by atoms with Gasteiger partial charge in [0.2, 0.25) is 0 Å². The molecule has 0 aliphatic heterocycles. The molecule has 2 rings (SSSR count). The highest BCUT2D eigenvalue weighted by atomic mass is 32.1. The van der Waals surface area contributed by atoms with Crippen LogP contribution in [0, 0.1) is 6.92 Å². The largest absolute Gasteiger partial charge is 0.416 e. The van der Waals surface area contributed by atoms with Gasteiger partial charge in [-0.25, -0.2) is 0 Å². The van der Waals surface area contributed by atoms with E-state index in [2.05, 4.69) is 0 Å². The first-order chi connectivity index (χ1) is 8.88. The Bertz CT molecular complexity index is 543. The van der Waals surface area contributed by atoms with Crippen molar-refractivity contribution in [3.05, 3.63) is 57.3 Å². The Labute approximate surface area is 113 Å². The third-order valence-electron chi connectivity index (χ3n) is 2.98. The van der Waals surface area contributed by atoms with Crippen LogP contribution >= 0.6 is 11.3 Å². The Kier molecular flexibility index (Phi) is 3.96. The van der Waals surface area contributed by atoms with E-state index in [-0.39, 0.29) is 6.04 Å². The first-order valence-electron chi connectivity index (χ1n) is 5.83. The Morgan fingerprint density at radius 3 is 2.26 bits per heavy atom. The number of halogens is 3. The molecule has 0 spiro atoms. The van der Waals surface area contributed by atoms with Crippen molar-refractivity contribution in [2.75, 3.05) is 0 Å². The SMILES string of the molecule is Cc1ccsc1C(N)Cc1ccc(C(F)(F)F)cc1. The first kappa shape index (κ1) is 14.1. The minimum atomic E-state index is -4.29. The van der Waals surface area contributed by atoms with Crippen molar-refractivity contribution in [2.45, 2.75) is 25.6 Å². The van der Waals surface area contributed by atoms with Gasteiger partial charge in [-0.15, -0.1) is 11.3 Å². The molecule has 2 aromatic rings. The van der Waals surface area contributed by atoms with Crippen LogP contribution in [0.5, 0.6) is 0 Å². The number of thiophene rings is 1. The second kappa shape index (κ2) is 5.35. The van der Waals surface area contributed by atoms with Gasteiger partial charge >= 0.3 is 6.18 Å². The van der Waals surface area contributed by atoms with Gasteiger partial charge in [0.15, 0.2) is 0 Å². The molecular weight excluding hydrogens is 271 g/mol. The summed E-state index contributed by atoms with van der Waals surface area (Å²) in [6.07, 6.45) is -3.75. The molecule has 1 aromatic carbocycles. The summed E-state index contributed by atoms with van der Waals surface area (Å²) in [4.78, 5) is 1.08. The second-order valence-corrected chi connectivity index (χ2v) is 5.42. The highest BCUT2D eigenvalue weighted by Crippen LogP contribution is 2.30. The maximum Gasteiger partial charge on any atom is 0.416 e. The molecule has 2 N–H and O–H groups in total. The van der Waals surface area contributed by atoms with Gasteiger partial charge in [0, 0.05) is 10.9 Å². The standard InChI is InChI=1S/C14H14F3NS/c1-9-6-7-19-13(9)12(18)8-10-2-4-11(5-3-10)14(15,16)17/h2-7,12H,8,18H2,1H3. The molecule has 0 bridgehead atoms. The van der Waals surface area contributed by atoms with Crippen molar-refractivity contribution < 1.29 is 13.2 Å². The van der Waals surface area contributed by atoms with Crippen molar-refractivity contribution in [2.24, 2.45) is 5.73 Å². The lowest BCUT2D eigenvalue weighted by Gasteiger charge is -2.12. The summed E-state index contributed by atoms with van der Waals surface area (Å²) in [5.74, 6) is 0. The van der Waals surface area contributed by atoms with Crippen LogP contribution in [0.3, 0.4) is 0 Å². The minimum Gasteiger partial charge on any atom is -0.323 e. The van der Waals surface area contributed by atoms with Crippen molar-refractivity contribution in [1.29, 1.82) is 0 Å². The number of benzene rings is 1. The molecule has 1 heterocycles. The van der Waals surface area contributed by atoms with Crippen LogP contribution in [0.25, 0.3) is 0 Å². The normalized spacial score (nSPS) is 13.5. The quantitative estimate of drug-likeness (QED) is 0.893. The lowest BCUT2D eigenvalue weighted by atomic mass is 10.0. The van der Waals surface area contributed by atoms with E-state index in [1.165, 1.54) is 12.1 Å². The topological polar surface area (TPSA) is 26.0 Å². The summed E-state index contributed by atoms with van der Waals surface area (Å²) < 4.78 is 37.3. The number of hydrogen-bond donors (Lipinski definition) is 1.